The van der Waals surface area contributed by atoms with Crippen molar-refractivity contribution < 1.29 is 60.4 Å². The molecule has 1 amide bonds. The summed E-state index contributed by atoms with van der Waals surface area (Å²) in [5, 5.41) is 11.6. The smallest absolute Gasteiger partial charge is 0.399 e. The number of ether oxygens (including phenoxy) is 4. The van der Waals surface area contributed by atoms with Gasteiger partial charge in [0.25, 0.3) is 0 Å². The molecule has 0 aromatic carbocycles. The SMILES string of the molecule is COC1OC(OS(=O)(=O)O)C(OC(C=O)OC(C(=O)O)C(C)C=O)CC1NC(C)=O. The van der Waals surface area contributed by atoms with Gasteiger partial charge in [-0.2, -0.15) is 8.42 Å². The Morgan fingerprint density at radius 3 is 2.30 bits per heavy atom. The van der Waals surface area contributed by atoms with E-state index in [0.717, 1.165) is 0 Å². The van der Waals surface area contributed by atoms with Crippen molar-refractivity contribution in [3.8, 4) is 0 Å². The zero-order chi connectivity index (χ0) is 23.1. The van der Waals surface area contributed by atoms with Crippen LogP contribution >= 0.6 is 0 Å². The second-order valence-corrected chi connectivity index (χ2v) is 7.29. The molecule has 0 spiro atoms. The molecule has 1 saturated heterocycles. The molecule has 1 rings (SSSR count). The molecule has 0 saturated carbocycles. The van der Waals surface area contributed by atoms with E-state index in [-0.39, 0.29) is 12.7 Å². The normalized spacial score (nSPS) is 27.5. The molecule has 1 aliphatic heterocycles. The van der Waals surface area contributed by atoms with Gasteiger partial charge in [-0.05, 0) is 0 Å². The summed E-state index contributed by atoms with van der Waals surface area (Å²) in [5.74, 6) is -3.19. The first-order valence-corrected chi connectivity index (χ1v) is 9.83. The third kappa shape index (κ3) is 8.02. The maximum atomic E-state index is 11.4. The molecule has 0 aromatic heterocycles. The average Bonchev–Trinajstić information content (AvgIpc) is 2.64. The maximum absolute atomic E-state index is 11.4. The summed E-state index contributed by atoms with van der Waals surface area (Å²) in [7, 11) is -3.85. The molecule has 172 valence electrons. The number of amides is 1. The summed E-state index contributed by atoms with van der Waals surface area (Å²) in [5.41, 5.74) is 0. The van der Waals surface area contributed by atoms with Gasteiger partial charge in [0, 0.05) is 26.4 Å². The third-order valence-electron chi connectivity index (χ3n) is 3.86. The zero-order valence-corrected chi connectivity index (χ0v) is 17.0. The van der Waals surface area contributed by atoms with E-state index in [9.17, 15) is 27.6 Å². The first-order valence-electron chi connectivity index (χ1n) is 8.47. The fraction of sp³-hybridized carbons (Fsp3) is 0.733. The van der Waals surface area contributed by atoms with Crippen molar-refractivity contribution in [3.05, 3.63) is 0 Å². The predicted octanol–water partition coefficient (Wildman–Crippen LogP) is -1.76. The van der Waals surface area contributed by atoms with Gasteiger partial charge in [-0.15, -0.1) is 0 Å². The van der Waals surface area contributed by atoms with Crippen molar-refractivity contribution in [1.82, 2.24) is 5.32 Å². The second-order valence-electron chi connectivity index (χ2n) is 6.24. The fourth-order valence-electron chi connectivity index (χ4n) is 2.61. The number of aldehydes is 2. The van der Waals surface area contributed by atoms with Gasteiger partial charge in [0.15, 0.2) is 18.7 Å². The van der Waals surface area contributed by atoms with Gasteiger partial charge in [-0.1, -0.05) is 6.92 Å². The van der Waals surface area contributed by atoms with Crippen LogP contribution in [0.1, 0.15) is 20.3 Å². The van der Waals surface area contributed by atoms with Crippen molar-refractivity contribution in [3.63, 3.8) is 0 Å². The Balaban J connectivity index is 3.08. The molecule has 7 unspecified atom stereocenters. The van der Waals surface area contributed by atoms with Crippen LogP contribution < -0.4 is 5.32 Å². The number of aliphatic carboxylic acids is 1. The zero-order valence-electron chi connectivity index (χ0n) is 16.2. The van der Waals surface area contributed by atoms with Crippen molar-refractivity contribution in [2.45, 2.75) is 57.4 Å². The first kappa shape index (κ1) is 26.0. The highest BCUT2D eigenvalue weighted by Crippen LogP contribution is 2.27. The molecule has 3 N–H and O–H groups in total. The van der Waals surface area contributed by atoms with Crippen LogP contribution in [0.15, 0.2) is 0 Å². The lowest BCUT2D eigenvalue weighted by molar-refractivity contribution is -0.304. The summed E-state index contributed by atoms with van der Waals surface area (Å²) < 4.78 is 56.1. The highest BCUT2D eigenvalue weighted by molar-refractivity contribution is 7.80. The second kappa shape index (κ2) is 11.4. The van der Waals surface area contributed by atoms with E-state index in [4.69, 9.17) is 28.6 Å². The van der Waals surface area contributed by atoms with E-state index in [1.54, 1.807) is 0 Å². The van der Waals surface area contributed by atoms with Crippen LogP contribution in [0.5, 0.6) is 0 Å². The van der Waals surface area contributed by atoms with Crippen LogP contribution in [-0.4, -0.2) is 86.8 Å². The minimum Gasteiger partial charge on any atom is -0.479 e. The molecule has 0 bridgehead atoms. The summed E-state index contributed by atoms with van der Waals surface area (Å²) in [4.78, 5) is 44.9. The molecule has 0 radical (unpaired) electrons. The van der Waals surface area contributed by atoms with Crippen LogP contribution in [0.4, 0.5) is 0 Å². The topological polar surface area (TPSA) is 201 Å². The quantitative estimate of drug-likeness (QED) is 0.169. The van der Waals surface area contributed by atoms with Crippen molar-refractivity contribution >= 4 is 34.8 Å². The van der Waals surface area contributed by atoms with Gasteiger partial charge < -0.3 is 34.2 Å². The highest BCUT2D eigenvalue weighted by Gasteiger charge is 2.44. The van der Waals surface area contributed by atoms with Crippen molar-refractivity contribution in [2.75, 3.05) is 7.11 Å². The monoisotopic (exact) mass is 457 g/mol. The fourth-order valence-corrected chi connectivity index (χ4v) is 3.02. The minimum absolute atomic E-state index is 0.0633. The molecule has 7 atom stereocenters. The lowest BCUT2D eigenvalue weighted by Gasteiger charge is -2.40. The third-order valence-corrected chi connectivity index (χ3v) is 4.29. The van der Waals surface area contributed by atoms with Gasteiger partial charge >= 0.3 is 16.4 Å². The lowest BCUT2D eigenvalue weighted by atomic mass is 10.0. The summed E-state index contributed by atoms with van der Waals surface area (Å²) in [6.07, 6.45) is -8.02. The molecule has 30 heavy (non-hydrogen) atoms. The Kier molecular flexibility index (Phi) is 9.89. The number of carboxylic acid groups (broad SMARTS) is 1. The van der Waals surface area contributed by atoms with E-state index in [2.05, 4.69) is 9.50 Å². The van der Waals surface area contributed by atoms with Crippen LogP contribution in [0.3, 0.4) is 0 Å². The van der Waals surface area contributed by atoms with Gasteiger partial charge in [0.2, 0.25) is 18.5 Å². The van der Waals surface area contributed by atoms with Gasteiger partial charge in [-0.25, -0.2) is 8.98 Å². The van der Waals surface area contributed by atoms with E-state index < -0.39 is 65.3 Å². The summed E-state index contributed by atoms with van der Waals surface area (Å²) >= 11 is 0. The molecule has 0 aliphatic carbocycles. The number of hydrogen-bond acceptors (Lipinski definition) is 11. The van der Waals surface area contributed by atoms with E-state index in [0.29, 0.717) is 6.29 Å². The van der Waals surface area contributed by atoms with Gasteiger partial charge in [-0.3, -0.25) is 14.1 Å². The predicted molar refractivity (Wildman–Crippen MR) is 93.0 cm³/mol. The van der Waals surface area contributed by atoms with E-state index in [1.165, 1.54) is 21.0 Å². The van der Waals surface area contributed by atoms with E-state index >= 15 is 0 Å². The van der Waals surface area contributed by atoms with Crippen molar-refractivity contribution in [2.24, 2.45) is 5.92 Å². The number of carbonyl (C=O) groups excluding carboxylic acids is 3. The Hall–Kier alpha value is -2.01. The number of carboxylic acids is 1. The van der Waals surface area contributed by atoms with Crippen LogP contribution in [0, 0.1) is 5.92 Å². The molecule has 1 heterocycles. The summed E-state index contributed by atoms with van der Waals surface area (Å²) in [6.45, 7) is 2.43. The van der Waals surface area contributed by atoms with Gasteiger partial charge in [0.05, 0.1) is 6.04 Å². The Labute approximate surface area is 171 Å². The molecular weight excluding hydrogens is 434 g/mol. The maximum Gasteiger partial charge on any atom is 0.399 e. The molecule has 0 aromatic rings. The number of hydrogen-bond donors (Lipinski definition) is 3. The molecule has 1 aliphatic rings. The van der Waals surface area contributed by atoms with Crippen LogP contribution in [0.25, 0.3) is 0 Å². The van der Waals surface area contributed by atoms with Crippen LogP contribution in [0.2, 0.25) is 0 Å². The Morgan fingerprint density at radius 2 is 1.87 bits per heavy atom. The molecule has 15 heteroatoms. The number of rotatable bonds is 12. The number of nitrogens with one attached hydrogen (secondary N) is 1. The molecule has 1 fully saturated rings. The highest BCUT2D eigenvalue weighted by atomic mass is 32.3. The van der Waals surface area contributed by atoms with Crippen molar-refractivity contribution in [1.29, 1.82) is 0 Å². The first-order chi connectivity index (χ1) is 13.9. The number of methoxy groups -OCH3 is 1. The minimum atomic E-state index is -5.04. The number of carbonyl (C=O) groups is 4. The Morgan fingerprint density at radius 1 is 1.23 bits per heavy atom. The standard InChI is InChI=1S/C15H23NO13S/c1-7(5-17)12(13(20)21)27-11(6-18)26-10-4-9(16-8(2)19)14(25-3)28-15(10)29-30(22,23)24/h5-7,9-12,14-15H,4H2,1-3H3,(H,16,19)(H,20,21)(H,22,23,24). The average molecular weight is 457 g/mol. The van der Waals surface area contributed by atoms with Crippen LogP contribution in [-0.2, 0) is 52.7 Å². The largest absolute Gasteiger partial charge is 0.479 e. The van der Waals surface area contributed by atoms with E-state index in [1.807, 2.05) is 0 Å². The lowest BCUT2D eigenvalue weighted by Crippen LogP contribution is -2.57. The van der Waals surface area contributed by atoms with Gasteiger partial charge in [0.1, 0.15) is 12.4 Å². The summed E-state index contributed by atoms with van der Waals surface area (Å²) in [6, 6.07) is -0.893. The molecular formula is C15H23NO13S. The Bertz CT molecular complexity index is 726. The molecule has 14 nitrogen and oxygen atoms in total.